The van der Waals surface area contributed by atoms with Gasteiger partial charge in [-0.1, -0.05) is 13.8 Å². The van der Waals surface area contributed by atoms with E-state index in [1.807, 2.05) is 13.8 Å². The van der Waals surface area contributed by atoms with E-state index in [0.29, 0.717) is 0 Å². The van der Waals surface area contributed by atoms with Crippen molar-refractivity contribution in [3.8, 4) is 0 Å². The van der Waals surface area contributed by atoms with Crippen LogP contribution in [0.5, 0.6) is 0 Å². The molecular formula is C9H13Hg. The molecule has 0 unspecified atom stereocenters. The van der Waals surface area contributed by atoms with E-state index in [1.165, 1.54) is 8.64 Å². The van der Waals surface area contributed by atoms with Crippen LogP contribution in [0.15, 0.2) is 24.3 Å². The van der Waals surface area contributed by atoms with Gasteiger partial charge in [0.05, 0.1) is 0 Å². The second kappa shape index (κ2) is 5.90. The molecule has 0 aromatic heterocycles. The Balaban J connectivity index is 0.000000371. The van der Waals surface area contributed by atoms with Crippen molar-refractivity contribution in [1.82, 2.24) is 0 Å². The van der Waals surface area contributed by atoms with E-state index in [-0.39, 0.29) is 0 Å². The molecule has 0 saturated carbocycles. The molecule has 0 atom stereocenters. The molecule has 1 aromatic rings. The van der Waals surface area contributed by atoms with Gasteiger partial charge in [-0.25, -0.2) is 0 Å². The molecule has 0 aliphatic carbocycles. The predicted octanol–water partition coefficient (Wildman–Crippen LogP) is 2.19. The maximum atomic E-state index is 2.21. The Morgan fingerprint density at radius 1 is 1.00 bits per heavy atom. The fraction of sp³-hybridized carbons (Fsp3) is 0.333. The van der Waals surface area contributed by atoms with Crippen LogP contribution in [-0.4, -0.2) is 0 Å². The quantitative estimate of drug-likeness (QED) is 0.643. The summed E-state index contributed by atoms with van der Waals surface area (Å²) in [4.78, 5) is 0. The molecule has 0 aliphatic rings. The molecule has 0 N–H and O–H groups in total. The molecule has 0 bridgehead atoms. The van der Waals surface area contributed by atoms with Crippen LogP contribution in [0, 0.1) is 6.92 Å². The summed E-state index contributed by atoms with van der Waals surface area (Å²) < 4.78 is 1.52. The van der Waals surface area contributed by atoms with Gasteiger partial charge in [0.25, 0.3) is 0 Å². The van der Waals surface area contributed by atoms with Gasteiger partial charge in [-0.15, -0.1) is 0 Å². The number of hydrogen-bond acceptors (Lipinski definition) is 0. The molecule has 0 nitrogen and oxygen atoms in total. The van der Waals surface area contributed by atoms with Crippen molar-refractivity contribution in [2.75, 3.05) is 0 Å². The van der Waals surface area contributed by atoms with Gasteiger partial charge in [-0.05, 0) is 0 Å². The van der Waals surface area contributed by atoms with Crippen LogP contribution in [0.2, 0.25) is 0 Å². The molecule has 10 heavy (non-hydrogen) atoms. The summed E-state index contributed by atoms with van der Waals surface area (Å²) in [6, 6.07) is 8.75. The second-order valence-electron chi connectivity index (χ2n) is 1.99. The molecule has 0 aliphatic heterocycles. The maximum absolute atomic E-state index is 2.21. The summed E-state index contributed by atoms with van der Waals surface area (Å²) in [6.45, 7) is 6.12. The van der Waals surface area contributed by atoms with Crippen molar-refractivity contribution >= 4 is 3.07 Å². The summed E-state index contributed by atoms with van der Waals surface area (Å²) in [5.41, 5.74) is 1.36. The zero-order valence-corrected chi connectivity index (χ0v) is 12.5. The molecule has 0 heterocycles. The molecule has 1 heteroatoms. The predicted molar refractivity (Wildman–Crippen MR) is 42.2 cm³/mol. The average molecular weight is 322 g/mol. The van der Waals surface area contributed by atoms with Gasteiger partial charge in [0.2, 0.25) is 0 Å². The zero-order valence-electron chi connectivity index (χ0n) is 7.02. The third kappa shape index (κ3) is 4.05. The van der Waals surface area contributed by atoms with Crippen LogP contribution in [-0.2, 0) is 26.1 Å². The van der Waals surface area contributed by atoms with Gasteiger partial charge in [0.1, 0.15) is 0 Å². The van der Waals surface area contributed by atoms with Crippen LogP contribution in [0.3, 0.4) is 0 Å². The molecular weight excluding hydrogens is 309 g/mol. The molecule has 51 valence electrons. The van der Waals surface area contributed by atoms with Crippen molar-refractivity contribution in [3.05, 3.63) is 29.8 Å². The van der Waals surface area contributed by atoms with Gasteiger partial charge in [0.15, 0.2) is 0 Å². The van der Waals surface area contributed by atoms with E-state index in [9.17, 15) is 0 Å². The molecule has 0 fully saturated rings. The molecule has 0 spiro atoms. The molecule has 0 radical (unpaired) electrons. The first kappa shape index (κ1) is 10.2. The molecule has 0 saturated heterocycles. The first-order valence-electron chi connectivity index (χ1n) is 3.67. The van der Waals surface area contributed by atoms with Crippen LogP contribution >= 0.6 is 0 Å². The Bertz CT molecular complexity index is 144. The van der Waals surface area contributed by atoms with Crippen LogP contribution in [0.4, 0.5) is 0 Å². The number of rotatable bonds is 0. The first-order valence-corrected chi connectivity index (χ1v) is 6.42. The van der Waals surface area contributed by atoms with Crippen molar-refractivity contribution < 1.29 is 26.1 Å². The topological polar surface area (TPSA) is 0 Å². The normalized spacial score (nSPS) is 8.10. The van der Waals surface area contributed by atoms with E-state index >= 15 is 0 Å². The minimum absolute atomic E-state index is 0.802. The molecule has 1 aromatic carbocycles. The molecule has 0 amide bonds. The van der Waals surface area contributed by atoms with Gasteiger partial charge < -0.3 is 0 Å². The molecule has 1 rings (SSSR count). The SMILES string of the molecule is CC.Cc1cc[c]([Hg])cc1. The monoisotopic (exact) mass is 323 g/mol. The number of aryl methyl sites for hydroxylation is 1. The number of hydrogen-bond donors (Lipinski definition) is 0. The van der Waals surface area contributed by atoms with Gasteiger partial charge in [-0.3, -0.25) is 0 Å². The van der Waals surface area contributed by atoms with Crippen molar-refractivity contribution in [1.29, 1.82) is 0 Å². The van der Waals surface area contributed by atoms with Gasteiger partial charge >= 0.3 is 65.9 Å². The zero-order chi connectivity index (χ0) is 7.98. The van der Waals surface area contributed by atoms with Gasteiger partial charge in [0, 0.05) is 0 Å². The van der Waals surface area contributed by atoms with Crippen LogP contribution < -0.4 is 3.07 Å². The Morgan fingerprint density at radius 2 is 1.40 bits per heavy atom. The van der Waals surface area contributed by atoms with E-state index in [4.69, 9.17) is 0 Å². The third-order valence-corrected chi connectivity index (χ3v) is 2.95. The Morgan fingerprint density at radius 3 is 1.70 bits per heavy atom. The second-order valence-corrected chi connectivity index (χ2v) is 5.16. The number of benzene rings is 1. The third-order valence-electron chi connectivity index (χ3n) is 1.12. The first-order chi connectivity index (χ1) is 4.79. The van der Waals surface area contributed by atoms with E-state index < -0.39 is 0 Å². The Hall–Kier alpha value is 0.155. The van der Waals surface area contributed by atoms with Crippen LogP contribution in [0.1, 0.15) is 19.4 Å². The fourth-order valence-corrected chi connectivity index (χ4v) is 1.50. The summed E-state index contributed by atoms with van der Waals surface area (Å²) in [5, 5.41) is 0. The Labute approximate surface area is 79.6 Å². The van der Waals surface area contributed by atoms with E-state index in [2.05, 4.69) is 31.2 Å². The minimum atomic E-state index is 0.802. The standard InChI is InChI=1S/C7H7.C2H6.Hg/c1-7-5-3-2-4-6-7;1-2;/h3-6H,1H3;1-2H3;. The van der Waals surface area contributed by atoms with Crippen molar-refractivity contribution in [3.63, 3.8) is 0 Å². The average Bonchev–Trinajstić information content (AvgIpc) is 2.00. The van der Waals surface area contributed by atoms with Gasteiger partial charge in [-0.2, -0.15) is 0 Å². The van der Waals surface area contributed by atoms with E-state index in [1.54, 1.807) is 0 Å². The summed E-state index contributed by atoms with van der Waals surface area (Å²) in [7, 11) is 0. The summed E-state index contributed by atoms with van der Waals surface area (Å²) in [5.74, 6) is 0. The van der Waals surface area contributed by atoms with Crippen molar-refractivity contribution in [2.45, 2.75) is 20.8 Å². The van der Waals surface area contributed by atoms with E-state index in [0.717, 1.165) is 26.1 Å². The summed E-state index contributed by atoms with van der Waals surface area (Å²) >= 11 is 0.802. The van der Waals surface area contributed by atoms with Crippen LogP contribution in [0.25, 0.3) is 0 Å². The Kier molecular flexibility index (Phi) is 6.00. The fourth-order valence-electron chi connectivity index (χ4n) is 0.588. The summed E-state index contributed by atoms with van der Waals surface area (Å²) in [6.07, 6.45) is 0. The van der Waals surface area contributed by atoms with Crippen molar-refractivity contribution in [2.24, 2.45) is 0 Å².